The molecule has 1 N–H and O–H groups in total. The normalized spacial score (nSPS) is 27.0. The SMILES string of the molecule is CCCCNCC(C)OC1CCCC(OC)C1. The summed E-state index contributed by atoms with van der Waals surface area (Å²) in [7, 11) is 1.81. The molecule has 0 aliphatic heterocycles. The first-order valence-electron chi connectivity index (χ1n) is 7.15. The molecule has 102 valence electrons. The predicted octanol–water partition coefficient (Wildman–Crippen LogP) is 2.74. The van der Waals surface area contributed by atoms with Crippen molar-refractivity contribution in [2.75, 3.05) is 20.2 Å². The van der Waals surface area contributed by atoms with Crippen molar-refractivity contribution in [2.45, 2.75) is 70.7 Å². The van der Waals surface area contributed by atoms with Crippen LogP contribution in [-0.4, -0.2) is 38.5 Å². The second kappa shape index (κ2) is 8.90. The van der Waals surface area contributed by atoms with Gasteiger partial charge in [0.2, 0.25) is 0 Å². The van der Waals surface area contributed by atoms with Gasteiger partial charge in [-0.25, -0.2) is 0 Å². The topological polar surface area (TPSA) is 30.5 Å². The Morgan fingerprint density at radius 2 is 2.06 bits per heavy atom. The monoisotopic (exact) mass is 243 g/mol. The Hall–Kier alpha value is -0.120. The van der Waals surface area contributed by atoms with Gasteiger partial charge in [-0.1, -0.05) is 13.3 Å². The Labute approximate surface area is 106 Å². The van der Waals surface area contributed by atoms with E-state index in [2.05, 4.69) is 19.2 Å². The van der Waals surface area contributed by atoms with E-state index >= 15 is 0 Å². The first-order valence-corrected chi connectivity index (χ1v) is 7.15. The maximum Gasteiger partial charge on any atom is 0.0675 e. The van der Waals surface area contributed by atoms with Crippen molar-refractivity contribution in [3.63, 3.8) is 0 Å². The van der Waals surface area contributed by atoms with E-state index in [0.717, 1.165) is 19.5 Å². The maximum absolute atomic E-state index is 6.06. The van der Waals surface area contributed by atoms with Crippen LogP contribution in [0.1, 0.15) is 52.4 Å². The molecule has 3 atom stereocenters. The van der Waals surface area contributed by atoms with Crippen molar-refractivity contribution >= 4 is 0 Å². The highest BCUT2D eigenvalue weighted by atomic mass is 16.5. The van der Waals surface area contributed by atoms with Crippen LogP contribution in [0, 0.1) is 0 Å². The number of ether oxygens (including phenoxy) is 2. The Bertz CT molecular complexity index is 187. The van der Waals surface area contributed by atoms with Gasteiger partial charge in [0.25, 0.3) is 0 Å². The number of hydrogen-bond donors (Lipinski definition) is 1. The molecule has 0 amide bonds. The highest BCUT2D eigenvalue weighted by Crippen LogP contribution is 2.23. The summed E-state index contributed by atoms with van der Waals surface area (Å²) >= 11 is 0. The number of nitrogens with one attached hydrogen (secondary N) is 1. The van der Waals surface area contributed by atoms with E-state index in [1.807, 2.05) is 7.11 Å². The predicted molar refractivity (Wildman–Crippen MR) is 71.4 cm³/mol. The minimum atomic E-state index is 0.312. The van der Waals surface area contributed by atoms with Crippen LogP contribution in [-0.2, 0) is 9.47 Å². The van der Waals surface area contributed by atoms with Crippen molar-refractivity contribution in [2.24, 2.45) is 0 Å². The van der Waals surface area contributed by atoms with Crippen molar-refractivity contribution in [1.82, 2.24) is 5.32 Å². The summed E-state index contributed by atoms with van der Waals surface area (Å²) < 4.78 is 11.5. The second-order valence-electron chi connectivity index (χ2n) is 5.15. The lowest BCUT2D eigenvalue weighted by atomic mass is 9.95. The Morgan fingerprint density at radius 1 is 1.29 bits per heavy atom. The smallest absolute Gasteiger partial charge is 0.0675 e. The summed E-state index contributed by atoms with van der Waals surface area (Å²) in [5.41, 5.74) is 0. The molecule has 1 aliphatic rings. The third-order valence-corrected chi connectivity index (χ3v) is 3.47. The highest BCUT2D eigenvalue weighted by molar-refractivity contribution is 4.74. The molecule has 0 spiro atoms. The van der Waals surface area contributed by atoms with Gasteiger partial charge in [-0.15, -0.1) is 0 Å². The molecule has 3 unspecified atom stereocenters. The first kappa shape index (κ1) is 14.9. The van der Waals surface area contributed by atoms with Gasteiger partial charge in [0.1, 0.15) is 0 Å². The third-order valence-electron chi connectivity index (χ3n) is 3.47. The maximum atomic E-state index is 6.06. The summed E-state index contributed by atoms with van der Waals surface area (Å²) in [6.45, 7) is 6.45. The molecule has 0 saturated heterocycles. The minimum Gasteiger partial charge on any atom is -0.381 e. The van der Waals surface area contributed by atoms with Crippen LogP contribution in [0.25, 0.3) is 0 Å². The van der Waals surface area contributed by atoms with Gasteiger partial charge >= 0.3 is 0 Å². The fourth-order valence-electron chi connectivity index (χ4n) is 2.42. The molecule has 3 heteroatoms. The number of hydrogen-bond acceptors (Lipinski definition) is 3. The fraction of sp³-hybridized carbons (Fsp3) is 1.00. The summed E-state index contributed by atoms with van der Waals surface area (Å²) in [6, 6.07) is 0. The van der Waals surface area contributed by atoms with E-state index in [9.17, 15) is 0 Å². The molecule has 0 aromatic carbocycles. The fourth-order valence-corrected chi connectivity index (χ4v) is 2.42. The average Bonchev–Trinajstić information content (AvgIpc) is 2.35. The van der Waals surface area contributed by atoms with Gasteiger partial charge in [-0.3, -0.25) is 0 Å². The molecular formula is C14H29NO2. The van der Waals surface area contributed by atoms with Crippen LogP contribution in [0.2, 0.25) is 0 Å². The lowest BCUT2D eigenvalue weighted by Gasteiger charge is -2.30. The van der Waals surface area contributed by atoms with Crippen LogP contribution in [0.15, 0.2) is 0 Å². The molecule has 1 aliphatic carbocycles. The summed E-state index contributed by atoms with van der Waals surface area (Å²) in [5, 5.41) is 3.44. The lowest BCUT2D eigenvalue weighted by molar-refractivity contribution is -0.0580. The summed E-state index contributed by atoms with van der Waals surface area (Å²) in [6.07, 6.45) is 8.31. The van der Waals surface area contributed by atoms with Crippen molar-refractivity contribution in [3.8, 4) is 0 Å². The van der Waals surface area contributed by atoms with Crippen LogP contribution in [0.4, 0.5) is 0 Å². The van der Waals surface area contributed by atoms with Crippen LogP contribution in [0.3, 0.4) is 0 Å². The van der Waals surface area contributed by atoms with Gasteiger partial charge in [-0.05, 0) is 45.6 Å². The highest BCUT2D eigenvalue weighted by Gasteiger charge is 2.23. The third kappa shape index (κ3) is 6.39. The average molecular weight is 243 g/mol. The zero-order valence-corrected chi connectivity index (χ0v) is 11.7. The zero-order valence-electron chi connectivity index (χ0n) is 11.7. The van der Waals surface area contributed by atoms with Gasteiger partial charge in [0.05, 0.1) is 18.3 Å². The van der Waals surface area contributed by atoms with Crippen molar-refractivity contribution in [3.05, 3.63) is 0 Å². The van der Waals surface area contributed by atoms with E-state index in [0.29, 0.717) is 18.3 Å². The largest absolute Gasteiger partial charge is 0.381 e. The Balaban J connectivity index is 2.10. The molecule has 0 heterocycles. The minimum absolute atomic E-state index is 0.312. The molecule has 1 rings (SSSR count). The molecule has 1 fully saturated rings. The molecule has 0 radical (unpaired) electrons. The van der Waals surface area contributed by atoms with E-state index < -0.39 is 0 Å². The molecule has 0 aromatic heterocycles. The molecule has 0 aromatic rings. The van der Waals surface area contributed by atoms with E-state index in [4.69, 9.17) is 9.47 Å². The van der Waals surface area contributed by atoms with E-state index in [1.165, 1.54) is 32.1 Å². The van der Waals surface area contributed by atoms with Crippen molar-refractivity contribution in [1.29, 1.82) is 0 Å². The number of methoxy groups -OCH3 is 1. The van der Waals surface area contributed by atoms with Crippen molar-refractivity contribution < 1.29 is 9.47 Å². The van der Waals surface area contributed by atoms with Gasteiger partial charge < -0.3 is 14.8 Å². The standard InChI is InChI=1S/C14H29NO2/c1-4-5-9-15-11-12(2)17-14-8-6-7-13(10-14)16-3/h12-15H,4-11H2,1-3H3. The molecule has 17 heavy (non-hydrogen) atoms. The molecule has 3 nitrogen and oxygen atoms in total. The van der Waals surface area contributed by atoms with Crippen LogP contribution < -0.4 is 5.32 Å². The summed E-state index contributed by atoms with van der Waals surface area (Å²) in [4.78, 5) is 0. The quantitative estimate of drug-likeness (QED) is 0.665. The molecular weight excluding hydrogens is 214 g/mol. The Morgan fingerprint density at radius 3 is 2.76 bits per heavy atom. The van der Waals surface area contributed by atoms with Crippen LogP contribution in [0.5, 0.6) is 0 Å². The molecule has 0 bridgehead atoms. The van der Waals surface area contributed by atoms with Gasteiger partial charge in [0.15, 0.2) is 0 Å². The second-order valence-corrected chi connectivity index (χ2v) is 5.15. The number of unbranched alkanes of at least 4 members (excludes halogenated alkanes) is 1. The van der Waals surface area contributed by atoms with E-state index in [1.54, 1.807) is 0 Å². The number of rotatable bonds is 8. The lowest BCUT2D eigenvalue weighted by Crippen LogP contribution is -2.34. The molecule has 1 saturated carbocycles. The van der Waals surface area contributed by atoms with Gasteiger partial charge in [-0.2, -0.15) is 0 Å². The van der Waals surface area contributed by atoms with E-state index in [-0.39, 0.29) is 0 Å². The van der Waals surface area contributed by atoms with Gasteiger partial charge in [0, 0.05) is 13.7 Å². The first-order chi connectivity index (χ1) is 8.26. The summed E-state index contributed by atoms with van der Waals surface area (Å²) in [5.74, 6) is 0. The Kier molecular flexibility index (Phi) is 7.82. The zero-order chi connectivity index (χ0) is 12.5. The van der Waals surface area contributed by atoms with Crippen LogP contribution >= 0.6 is 0 Å².